The van der Waals surface area contributed by atoms with Crippen LogP contribution in [0.2, 0.25) is 0 Å². The number of carbonyl (C=O) groups is 1. The Morgan fingerprint density at radius 3 is 2.43 bits per heavy atom. The zero-order valence-corrected chi connectivity index (χ0v) is 31.2. The van der Waals surface area contributed by atoms with Crippen molar-refractivity contribution in [2.45, 2.75) is 59.2 Å². The van der Waals surface area contributed by atoms with Gasteiger partial charge in [-0.15, -0.1) is 0 Å². The fourth-order valence-corrected chi connectivity index (χ4v) is 8.24. The summed E-state index contributed by atoms with van der Waals surface area (Å²) in [5.41, 5.74) is 4.43. The van der Waals surface area contributed by atoms with Crippen molar-refractivity contribution in [2.24, 2.45) is 7.05 Å². The molecule has 3 aliphatic heterocycles. The van der Waals surface area contributed by atoms with Gasteiger partial charge in [0.05, 0.1) is 31.1 Å². The predicted molar refractivity (Wildman–Crippen MR) is 195 cm³/mol. The number of pyridine rings is 1. The molecule has 0 spiro atoms. The molecule has 14 heteroatoms. The van der Waals surface area contributed by atoms with Crippen LogP contribution in [0.15, 0.2) is 12.1 Å². The smallest absolute Gasteiger partial charge is 0.337 e. The molecule has 1 atom stereocenters. The molecule has 0 amide bonds. The molecular formula is C37H48FN7O5S. The molecule has 2 saturated heterocycles. The maximum atomic E-state index is 15.8. The van der Waals surface area contributed by atoms with Gasteiger partial charge in [0.1, 0.15) is 5.65 Å². The molecule has 4 aromatic rings. The third-order valence-electron chi connectivity index (χ3n) is 10.2. The maximum absolute atomic E-state index is 15.8. The van der Waals surface area contributed by atoms with Crippen molar-refractivity contribution in [1.29, 1.82) is 0 Å². The van der Waals surface area contributed by atoms with E-state index in [2.05, 4.69) is 14.7 Å². The monoisotopic (exact) mass is 721 g/mol. The number of ether oxygens (including phenoxy) is 3. The highest BCUT2D eigenvalue weighted by Crippen LogP contribution is 2.45. The van der Waals surface area contributed by atoms with Gasteiger partial charge in [-0.25, -0.2) is 14.2 Å². The fraction of sp³-hybridized carbons (Fsp3) is 0.568. The molecule has 2 fully saturated rings. The van der Waals surface area contributed by atoms with E-state index < -0.39 is 23.5 Å². The average molecular weight is 722 g/mol. The number of benzene rings is 1. The molecule has 1 N–H and O–H groups in total. The minimum Gasteiger partial charge on any atom is -0.490 e. The Morgan fingerprint density at radius 1 is 1.04 bits per heavy atom. The molecule has 12 nitrogen and oxygen atoms in total. The van der Waals surface area contributed by atoms with Crippen molar-refractivity contribution in [3.05, 3.63) is 40.3 Å². The molecule has 0 saturated carbocycles. The highest BCUT2D eigenvalue weighted by Gasteiger charge is 2.35. The number of aliphatic carboxylic acids is 1. The molecule has 274 valence electrons. The highest BCUT2D eigenvalue weighted by atomic mass is 32.1. The predicted octanol–water partition coefficient (Wildman–Crippen LogP) is 5.23. The number of morpholine rings is 1. The lowest BCUT2D eigenvalue weighted by Crippen LogP contribution is -2.49. The molecule has 1 aromatic carbocycles. The third kappa shape index (κ3) is 7.21. The molecule has 0 bridgehead atoms. The number of hydrogen-bond acceptors (Lipinski definition) is 11. The SMILES string of the molecule is Cc1nc2c(cc(-c3nc(N4CCN(CCN5CCOCC5)CC4)ns3)n2C)c(-c2cc(F)c3c(c2C)CCCO3)c1[C@H](OC(C)(C)C)C(=O)O. The lowest BCUT2D eigenvalue weighted by Gasteiger charge is -2.36. The number of hydrogen-bond donors (Lipinski definition) is 1. The molecular weight excluding hydrogens is 674 g/mol. The Kier molecular flexibility index (Phi) is 10.1. The van der Waals surface area contributed by atoms with E-state index in [1.165, 1.54) is 17.6 Å². The molecule has 6 heterocycles. The second-order valence-electron chi connectivity index (χ2n) is 14.7. The summed E-state index contributed by atoms with van der Waals surface area (Å²) in [5, 5.41) is 12.0. The van der Waals surface area contributed by atoms with Crippen LogP contribution in [0, 0.1) is 19.7 Å². The van der Waals surface area contributed by atoms with Gasteiger partial charge >= 0.3 is 5.97 Å². The first-order valence-electron chi connectivity index (χ1n) is 17.9. The molecule has 0 radical (unpaired) electrons. The highest BCUT2D eigenvalue weighted by molar-refractivity contribution is 7.09. The minimum atomic E-state index is -1.34. The number of carboxylic acid groups (broad SMARTS) is 1. The first-order valence-corrected chi connectivity index (χ1v) is 18.6. The van der Waals surface area contributed by atoms with E-state index >= 15 is 4.39 Å². The number of aryl methyl sites for hydroxylation is 2. The van der Waals surface area contributed by atoms with Crippen LogP contribution in [0.3, 0.4) is 0 Å². The lowest BCUT2D eigenvalue weighted by atomic mass is 9.86. The number of rotatable bonds is 9. The summed E-state index contributed by atoms with van der Waals surface area (Å²) in [5.74, 6) is -0.621. The van der Waals surface area contributed by atoms with Crippen LogP contribution >= 0.6 is 11.5 Å². The van der Waals surface area contributed by atoms with E-state index in [4.69, 9.17) is 28.6 Å². The maximum Gasteiger partial charge on any atom is 0.337 e. The molecule has 51 heavy (non-hydrogen) atoms. The van der Waals surface area contributed by atoms with E-state index in [1.807, 2.05) is 45.4 Å². The van der Waals surface area contributed by atoms with Crippen LogP contribution in [-0.4, -0.2) is 118 Å². The lowest BCUT2D eigenvalue weighted by molar-refractivity contribution is -0.160. The third-order valence-corrected chi connectivity index (χ3v) is 10.9. The Hall–Kier alpha value is -3.69. The standard InChI is InChI=1S/C37H48FN7O5S/c1-22-24-8-7-17-49-31(24)27(38)20-25(22)30-26-21-28(42(6)33(26)39-23(2)29(30)32(35(46)47)50-37(3,4)5)34-40-36(41-51-34)45-13-11-43(12-14-45)9-10-44-15-18-48-19-16-44/h20-21,32H,7-19H2,1-6H3,(H,46,47)/t32-/m0/s1. The van der Waals surface area contributed by atoms with E-state index in [0.29, 0.717) is 52.4 Å². The van der Waals surface area contributed by atoms with Gasteiger partial charge < -0.3 is 28.8 Å². The van der Waals surface area contributed by atoms with E-state index in [-0.39, 0.29) is 5.75 Å². The summed E-state index contributed by atoms with van der Waals surface area (Å²) in [6.45, 7) is 19.0. The van der Waals surface area contributed by atoms with Gasteiger partial charge in [0.25, 0.3) is 0 Å². The zero-order valence-electron chi connectivity index (χ0n) is 30.4. The van der Waals surface area contributed by atoms with Gasteiger partial charge in [-0.2, -0.15) is 9.36 Å². The van der Waals surface area contributed by atoms with Crippen LogP contribution in [0.1, 0.15) is 55.7 Å². The second-order valence-corrected chi connectivity index (χ2v) is 15.5. The topological polar surface area (TPSA) is 118 Å². The Balaban J connectivity index is 1.26. The fourth-order valence-electron chi connectivity index (χ4n) is 7.50. The van der Waals surface area contributed by atoms with E-state index in [9.17, 15) is 9.90 Å². The summed E-state index contributed by atoms with van der Waals surface area (Å²) < 4.78 is 40.0. The van der Waals surface area contributed by atoms with Gasteiger partial charge in [-0.1, -0.05) is 0 Å². The zero-order chi connectivity index (χ0) is 36.0. The Morgan fingerprint density at radius 2 is 1.75 bits per heavy atom. The van der Waals surface area contributed by atoms with Gasteiger partial charge in [-0.05, 0) is 82.3 Å². The first kappa shape index (κ1) is 35.7. The number of carboxylic acids is 1. The Labute approximate surface area is 302 Å². The van der Waals surface area contributed by atoms with Gasteiger partial charge in [0.15, 0.2) is 22.7 Å². The quantitative estimate of drug-likeness (QED) is 0.245. The normalized spacial score (nSPS) is 18.2. The van der Waals surface area contributed by atoms with Crippen LogP contribution in [0.5, 0.6) is 5.75 Å². The largest absolute Gasteiger partial charge is 0.490 e. The van der Waals surface area contributed by atoms with Crippen molar-refractivity contribution < 1.29 is 28.5 Å². The van der Waals surface area contributed by atoms with Gasteiger partial charge in [0, 0.05) is 87.2 Å². The van der Waals surface area contributed by atoms with Crippen molar-refractivity contribution in [3.8, 4) is 27.6 Å². The molecule has 3 aliphatic rings. The molecule has 0 aliphatic carbocycles. The van der Waals surface area contributed by atoms with Crippen molar-refractivity contribution in [3.63, 3.8) is 0 Å². The molecule has 3 aromatic heterocycles. The number of halogens is 1. The number of fused-ring (bicyclic) bond motifs is 2. The van der Waals surface area contributed by atoms with Gasteiger partial charge in [-0.3, -0.25) is 9.80 Å². The number of nitrogens with zero attached hydrogens (tertiary/aromatic N) is 7. The molecule has 7 rings (SSSR count). The number of piperazine rings is 1. The summed E-state index contributed by atoms with van der Waals surface area (Å²) >= 11 is 1.33. The summed E-state index contributed by atoms with van der Waals surface area (Å²) in [7, 11) is 1.93. The average Bonchev–Trinajstić information content (AvgIpc) is 3.72. The minimum absolute atomic E-state index is 0.278. The summed E-state index contributed by atoms with van der Waals surface area (Å²) in [6, 6.07) is 3.46. The second kappa shape index (κ2) is 14.4. The van der Waals surface area contributed by atoms with Crippen molar-refractivity contribution in [2.75, 3.05) is 77.1 Å². The van der Waals surface area contributed by atoms with Crippen LogP contribution in [0.4, 0.5) is 10.3 Å². The Bertz CT molecular complexity index is 1920. The first-order chi connectivity index (χ1) is 24.4. The van der Waals surface area contributed by atoms with E-state index in [1.54, 1.807) is 6.92 Å². The van der Waals surface area contributed by atoms with E-state index in [0.717, 1.165) is 93.8 Å². The van der Waals surface area contributed by atoms with Crippen LogP contribution in [-0.2, 0) is 27.7 Å². The summed E-state index contributed by atoms with van der Waals surface area (Å²) in [4.78, 5) is 30.1. The summed E-state index contributed by atoms with van der Waals surface area (Å²) in [6.07, 6.45) is 0.110. The van der Waals surface area contributed by atoms with Crippen molar-refractivity contribution >= 4 is 34.5 Å². The van der Waals surface area contributed by atoms with Gasteiger partial charge in [0.2, 0.25) is 5.95 Å². The van der Waals surface area contributed by atoms with Crippen LogP contribution < -0.4 is 9.64 Å². The van der Waals surface area contributed by atoms with Crippen molar-refractivity contribution in [1.82, 2.24) is 28.7 Å². The number of aromatic nitrogens is 4. The molecule has 0 unspecified atom stereocenters. The van der Waals surface area contributed by atoms with Crippen LogP contribution in [0.25, 0.3) is 32.9 Å². The number of anilines is 1.